The lowest BCUT2D eigenvalue weighted by molar-refractivity contribution is -0.128. The highest BCUT2D eigenvalue weighted by Crippen LogP contribution is 2.34. The van der Waals surface area contributed by atoms with Crippen molar-refractivity contribution in [3.8, 4) is 11.5 Å². The Labute approximate surface area is 220 Å². The van der Waals surface area contributed by atoms with Crippen LogP contribution in [0.5, 0.6) is 11.5 Å². The van der Waals surface area contributed by atoms with Crippen LogP contribution in [0.2, 0.25) is 5.02 Å². The molecule has 2 heterocycles. The van der Waals surface area contributed by atoms with E-state index in [1.807, 2.05) is 0 Å². The molecule has 1 aliphatic heterocycles. The van der Waals surface area contributed by atoms with Crippen LogP contribution in [-0.2, 0) is 16.1 Å². The third-order valence-electron chi connectivity index (χ3n) is 5.16. The third-order valence-corrected chi connectivity index (χ3v) is 6.57. The summed E-state index contributed by atoms with van der Waals surface area (Å²) in [6, 6.07) is 15.9. The maximum Gasteiger partial charge on any atom is 0.387 e. The molecule has 8 nitrogen and oxygen atoms in total. The second-order valence-corrected chi connectivity index (χ2v) is 9.32. The van der Waals surface area contributed by atoms with Gasteiger partial charge >= 0.3 is 6.61 Å². The molecule has 1 aliphatic rings. The fourth-order valence-electron chi connectivity index (χ4n) is 3.48. The van der Waals surface area contributed by atoms with Crippen molar-refractivity contribution in [2.45, 2.75) is 24.8 Å². The average Bonchev–Trinajstić information content (AvgIpc) is 3.14. The number of halogens is 3. The van der Waals surface area contributed by atoms with Crippen LogP contribution in [-0.4, -0.2) is 45.8 Å². The van der Waals surface area contributed by atoms with Crippen molar-refractivity contribution in [1.82, 2.24) is 9.88 Å². The molecule has 2 amide bonds. The number of ether oxygens (including phenoxy) is 2. The van der Waals surface area contributed by atoms with Gasteiger partial charge in [0.15, 0.2) is 5.17 Å². The molecule has 0 radical (unpaired) electrons. The van der Waals surface area contributed by atoms with Crippen LogP contribution in [0.1, 0.15) is 12.1 Å². The molecule has 37 heavy (non-hydrogen) atoms. The first-order valence-electron chi connectivity index (χ1n) is 11.0. The molecule has 1 aromatic heterocycles. The van der Waals surface area contributed by atoms with Crippen LogP contribution >= 0.6 is 23.4 Å². The van der Waals surface area contributed by atoms with E-state index in [4.69, 9.17) is 16.3 Å². The Morgan fingerprint density at radius 2 is 2.00 bits per heavy atom. The van der Waals surface area contributed by atoms with Gasteiger partial charge < -0.3 is 14.8 Å². The SMILES string of the molecule is COc1ccc(Cl)cc1NC(=O)CC1SC(=Nc2ccc(OC(F)F)cc2)N(Cc2ccccn2)C1=O. The standard InChI is InChI=1S/C25H21ClF2N4O4S/c1-35-20-10-5-15(26)12-19(20)31-22(33)13-21-23(34)32(14-17-4-2-3-11-29-17)25(37-21)30-16-6-8-18(9-7-16)36-24(27)28/h2-12,21,24H,13-14H2,1H3,(H,31,33). The minimum atomic E-state index is -2.94. The Kier molecular flexibility index (Phi) is 8.57. The number of aromatic nitrogens is 1. The van der Waals surface area contributed by atoms with Crippen LogP contribution in [0.25, 0.3) is 0 Å². The van der Waals surface area contributed by atoms with E-state index in [0.29, 0.717) is 33.0 Å². The first-order valence-corrected chi connectivity index (χ1v) is 12.2. The van der Waals surface area contributed by atoms with Gasteiger partial charge in [0.05, 0.1) is 30.7 Å². The van der Waals surface area contributed by atoms with Crippen LogP contribution < -0.4 is 14.8 Å². The minimum absolute atomic E-state index is 0.00886. The Bertz CT molecular complexity index is 1300. The van der Waals surface area contributed by atoms with Crippen LogP contribution in [0.3, 0.4) is 0 Å². The van der Waals surface area contributed by atoms with Crippen molar-refractivity contribution >= 4 is 51.7 Å². The number of hydrogen-bond donors (Lipinski definition) is 1. The Morgan fingerprint density at radius 3 is 2.68 bits per heavy atom. The van der Waals surface area contributed by atoms with Gasteiger partial charge in [-0.05, 0) is 54.6 Å². The van der Waals surface area contributed by atoms with Gasteiger partial charge in [0.1, 0.15) is 16.7 Å². The zero-order valence-corrected chi connectivity index (χ0v) is 21.0. The number of nitrogens with one attached hydrogen (secondary N) is 1. The van der Waals surface area contributed by atoms with Crippen molar-refractivity contribution < 1.29 is 27.8 Å². The molecular formula is C25H21ClF2N4O4S. The number of hydrogen-bond acceptors (Lipinski definition) is 7. The summed E-state index contributed by atoms with van der Waals surface area (Å²) in [7, 11) is 1.47. The van der Waals surface area contributed by atoms with Crippen LogP contribution in [0, 0.1) is 0 Å². The third kappa shape index (κ3) is 6.95. The van der Waals surface area contributed by atoms with Gasteiger partial charge in [-0.25, -0.2) is 4.99 Å². The number of benzene rings is 2. The van der Waals surface area contributed by atoms with Crippen molar-refractivity contribution in [2.24, 2.45) is 4.99 Å². The Morgan fingerprint density at radius 1 is 1.22 bits per heavy atom. The predicted octanol–water partition coefficient (Wildman–Crippen LogP) is 5.51. The van der Waals surface area contributed by atoms with Gasteiger partial charge in [-0.15, -0.1) is 0 Å². The summed E-state index contributed by atoms with van der Waals surface area (Å²) < 4.78 is 34.5. The van der Waals surface area contributed by atoms with Gasteiger partial charge in [-0.1, -0.05) is 29.4 Å². The topological polar surface area (TPSA) is 93.1 Å². The van der Waals surface area contributed by atoms with Crippen molar-refractivity contribution in [3.63, 3.8) is 0 Å². The van der Waals surface area contributed by atoms with E-state index < -0.39 is 17.8 Å². The zero-order chi connectivity index (χ0) is 26.4. The second-order valence-electron chi connectivity index (χ2n) is 7.72. The molecule has 1 saturated heterocycles. The van der Waals surface area contributed by atoms with Crippen molar-refractivity contribution in [3.05, 3.63) is 77.6 Å². The normalized spacial score (nSPS) is 16.4. The number of carbonyl (C=O) groups excluding carboxylic acids is 2. The van der Waals surface area contributed by atoms with E-state index in [9.17, 15) is 18.4 Å². The molecule has 1 fully saturated rings. The first-order chi connectivity index (χ1) is 17.8. The number of carbonyl (C=O) groups is 2. The average molecular weight is 547 g/mol. The number of thioether (sulfide) groups is 1. The lowest BCUT2D eigenvalue weighted by Crippen LogP contribution is -2.33. The van der Waals surface area contributed by atoms with E-state index in [1.165, 1.54) is 36.3 Å². The molecule has 0 bridgehead atoms. The summed E-state index contributed by atoms with van der Waals surface area (Å²) in [5.41, 5.74) is 1.45. The number of amidine groups is 1. The highest BCUT2D eigenvalue weighted by Gasteiger charge is 2.39. The summed E-state index contributed by atoms with van der Waals surface area (Å²) in [5.74, 6) is -0.286. The number of methoxy groups -OCH3 is 1. The lowest BCUT2D eigenvalue weighted by Gasteiger charge is -2.16. The van der Waals surface area contributed by atoms with Gasteiger partial charge in [0.25, 0.3) is 0 Å². The van der Waals surface area contributed by atoms with Crippen molar-refractivity contribution in [2.75, 3.05) is 12.4 Å². The number of rotatable bonds is 9. The fourth-order valence-corrected chi connectivity index (χ4v) is 4.81. The highest BCUT2D eigenvalue weighted by molar-refractivity contribution is 8.15. The summed E-state index contributed by atoms with van der Waals surface area (Å²) in [6.45, 7) is -2.79. The summed E-state index contributed by atoms with van der Waals surface area (Å²) in [4.78, 5) is 36.4. The number of amides is 2. The van der Waals surface area contributed by atoms with Gasteiger partial charge in [0.2, 0.25) is 11.8 Å². The first kappa shape index (κ1) is 26.4. The maximum atomic E-state index is 13.3. The monoisotopic (exact) mass is 546 g/mol. The molecular weight excluding hydrogens is 526 g/mol. The molecule has 0 spiro atoms. The van der Waals surface area contributed by atoms with Crippen LogP contribution in [0.4, 0.5) is 20.2 Å². The summed E-state index contributed by atoms with van der Waals surface area (Å²) >= 11 is 7.18. The molecule has 1 atom stereocenters. The molecule has 2 aromatic carbocycles. The maximum absolute atomic E-state index is 13.3. The molecule has 0 saturated carbocycles. The Hall–Kier alpha value is -3.70. The molecule has 0 aliphatic carbocycles. The predicted molar refractivity (Wildman–Crippen MR) is 138 cm³/mol. The smallest absolute Gasteiger partial charge is 0.387 e. The lowest BCUT2D eigenvalue weighted by atomic mass is 10.2. The van der Waals surface area contributed by atoms with Crippen LogP contribution in [0.15, 0.2) is 71.9 Å². The van der Waals surface area contributed by atoms with E-state index >= 15 is 0 Å². The number of nitrogens with zero attached hydrogens (tertiary/aromatic N) is 3. The van der Waals surface area contributed by atoms with E-state index in [2.05, 4.69) is 20.0 Å². The molecule has 4 rings (SSSR count). The minimum Gasteiger partial charge on any atom is -0.495 e. The summed E-state index contributed by atoms with van der Waals surface area (Å²) in [6.07, 6.45) is 1.49. The number of anilines is 1. The second kappa shape index (κ2) is 12.0. The largest absolute Gasteiger partial charge is 0.495 e. The highest BCUT2D eigenvalue weighted by atomic mass is 35.5. The fraction of sp³-hybridized carbons (Fsp3) is 0.200. The Balaban J connectivity index is 1.54. The van der Waals surface area contributed by atoms with E-state index in [-0.39, 0.29) is 24.6 Å². The number of pyridine rings is 1. The number of alkyl halides is 2. The molecule has 1 N–H and O–H groups in total. The quantitative estimate of drug-likeness (QED) is 0.381. The van der Waals surface area contributed by atoms with Crippen molar-refractivity contribution in [1.29, 1.82) is 0 Å². The summed E-state index contributed by atoms with van der Waals surface area (Å²) in [5, 5.41) is 2.78. The van der Waals surface area contributed by atoms with E-state index in [1.54, 1.807) is 42.6 Å². The molecule has 3 aromatic rings. The molecule has 1 unspecified atom stereocenters. The van der Waals surface area contributed by atoms with Gasteiger partial charge in [-0.3, -0.25) is 19.5 Å². The van der Waals surface area contributed by atoms with E-state index in [0.717, 1.165) is 11.8 Å². The number of aliphatic imine (C=N–C) groups is 1. The van der Waals surface area contributed by atoms with Gasteiger partial charge in [-0.2, -0.15) is 8.78 Å². The zero-order valence-electron chi connectivity index (χ0n) is 19.4. The van der Waals surface area contributed by atoms with Gasteiger partial charge in [0, 0.05) is 17.6 Å². The molecule has 192 valence electrons. The molecule has 12 heteroatoms.